The van der Waals surface area contributed by atoms with Gasteiger partial charge in [-0.2, -0.15) is 0 Å². The molecule has 0 bridgehead atoms. The predicted molar refractivity (Wildman–Crippen MR) is 125 cm³/mol. The first-order valence-electron chi connectivity index (χ1n) is 12.7. The zero-order valence-electron chi connectivity index (χ0n) is 19.2. The van der Waals surface area contributed by atoms with Gasteiger partial charge in [-0.05, 0) is 94.0 Å². The summed E-state index contributed by atoms with van der Waals surface area (Å²) in [6.07, 6.45) is 12.8. The van der Waals surface area contributed by atoms with Crippen molar-refractivity contribution in [3.63, 3.8) is 0 Å². The lowest BCUT2D eigenvalue weighted by Crippen LogP contribution is -2.48. The molecule has 2 aliphatic carbocycles. The zero-order valence-corrected chi connectivity index (χ0v) is 19.2. The van der Waals surface area contributed by atoms with Gasteiger partial charge in [-0.15, -0.1) is 0 Å². The molecule has 0 radical (unpaired) electrons. The van der Waals surface area contributed by atoms with E-state index in [9.17, 15) is 4.79 Å². The summed E-state index contributed by atoms with van der Waals surface area (Å²) in [7, 11) is 0. The number of carbonyl (C=O) groups excluding carboxylic acids is 1. The van der Waals surface area contributed by atoms with Gasteiger partial charge in [0, 0.05) is 37.4 Å². The van der Waals surface area contributed by atoms with E-state index in [0.717, 1.165) is 62.9 Å². The first-order valence-corrected chi connectivity index (χ1v) is 12.7. The van der Waals surface area contributed by atoms with Crippen LogP contribution in [0.2, 0.25) is 0 Å². The SMILES string of the molecule is CCCCOc1ccc(N2CCN(C3CCC(N4CCCC5(CC5)C4)CC3)C2=O)cc1. The first-order chi connectivity index (χ1) is 15.2. The van der Waals surface area contributed by atoms with Crippen LogP contribution in [0.3, 0.4) is 0 Å². The Hall–Kier alpha value is -1.75. The summed E-state index contributed by atoms with van der Waals surface area (Å²) < 4.78 is 5.77. The quantitative estimate of drug-likeness (QED) is 0.557. The van der Waals surface area contributed by atoms with E-state index in [1.165, 1.54) is 51.6 Å². The Kier molecular flexibility index (Phi) is 6.14. The highest BCUT2D eigenvalue weighted by molar-refractivity contribution is 5.94. The van der Waals surface area contributed by atoms with Crippen LogP contribution >= 0.6 is 0 Å². The van der Waals surface area contributed by atoms with Gasteiger partial charge in [0.15, 0.2) is 0 Å². The van der Waals surface area contributed by atoms with Gasteiger partial charge in [-0.1, -0.05) is 13.3 Å². The number of likely N-dealkylation sites (tertiary alicyclic amines) is 1. The number of anilines is 1. The molecule has 1 spiro atoms. The number of rotatable bonds is 7. The highest BCUT2D eigenvalue weighted by Crippen LogP contribution is 2.52. The van der Waals surface area contributed by atoms with E-state index in [-0.39, 0.29) is 6.03 Å². The van der Waals surface area contributed by atoms with E-state index in [4.69, 9.17) is 4.74 Å². The van der Waals surface area contributed by atoms with E-state index in [1.54, 1.807) is 0 Å². The molecule has 5 rings (SSSR count). The average molecular weight is 426 g/mol. The number of benzene rings is 1. The van der Waals surface area contributed by atoms with Crippen LogP contribution < -0.4 is 9.64 Å². The minimum Gasteiger partial charge on any atom is -0.494 e. The Labute approximate surface area is 187 Å². The van der Waals surface area contributed by atoms with Crippen molar-refractivity contribution in [2.45, 2.75) is 83.2 Å². The normalized spacial score (nSPS) is 28.4. The Bertz CT molecular complexity index is 752. The summed E-state index contributed by atoms with van der Waals surface area (Å²) >= 11 is 0. The number of nitrogens with zero attached hydrogens (tertiary/aromatic N) is 3. The number of hydrogen-bond donors (Lipinski definition) is 0. The molecule has 0 aromatic heterocycles. The van der Waals surface area contributed by atoms with Crippen LogP contribution in [0.1, 0.15) is 71.1 Å². The molecule has 31 heavy (non-hydrogen) atoms. The Morgan fingerprint density at radius 2 is 1.71 bits per heavy atom. The Balaban J connectivity index is 1.13. The van der Waals surface area contributed by atoms with Gasteiger partial charge in [0.1, 0.15) is 5.75 Å². The smallest absolute Gasteiger partial charge is 0.324 e. The number of unbranched alkanes of at least 4 members (excludes halogenated alkanes) is 1. The number of carbonyl (C=O) groups is 1. The van der Waals surface area contributed by atoms with E-state index in [0.29, 0.717) is 11.5 Å². The second kappa shape index (κ2) is 9.01. The maximum atomic E-state index is 13.2. The average Bonchev–Trinajstić information content (AvgIpc) is 3.43. The third-order valence-electron chi connectivity index (χ3n) is 8.23. The first kappa shape index (κ1) is 21.1. The van der Waals surface area contributed by atoms with Gasteiger partial charge in [0.2, 0.25) is 0 Å². The van der Waals surface area contributed by atoms with Crippen molar-refractivity contribution in [2.75, 3.05) is 37.7 Å². The Morgan fingerprint density at radius 1 is 0.968 bits per heavy atom. The fourth-order valence-corrected chi connectivity index (χ4v) is 6.07. The van der Waals surface area contributed by atoms with Gasteiger partial charge in [-0.25, -0.2) is 4.79 Å². The number of urea groups is 1. The second-order valence-electron chi connectivity index (χ2n) is 10.4. The zero-order chi connectivity index (χ0) is 21.3. The summed E-state index contributed by atoms with van der Waals surface area (Å²) in [5.74, 6) is 0.893. The maximum absolute atomic E-state index is 13.2. The lowest BCUT2D eigenvalue weighted by molar-refractivity contribution is 0.0714. The maximum Gasteiger partial charge on any atom is 0.324 e. The fraction of sp³-hybridized carbons (Fsp3) is 0.731. The lowest BCUT2D eigenvalue weighted by atomic mass is 9.86. The van der Waals surface area contributed by atoms with Crippen molar-refractivity contribution in [3.05, 3.63) is 24.3 Å². The Morgan fingerprint density at radius 3 is 2.42 bits per heavy atom. The molecule has 5 nitrogen and oxygen atoms in total. The van der Waals surface area contributed by atoms with Gasteiger partial charge in [0.25, 0.3) is 0 Å². The summed E-state index contributed by atoms with van der Waals surface area (Å²) in [5.41, 5.74) is 1.70. The third kappa shape index (κ3) is 4.57. The molecule has 2 heterocycles. The van der Waals surface area contributed by atoms with Gasteiger partial charge in [0.05, 0.1) is 6.61 Å². The molecule has 4 fully saturated rings. The van der Waals surface area contributed by atoms with Crippen molar-refractivity contribution >= 4 is 11.7 Å². The molecule has 1 aromatic carbocycles. The minimum absolute atomic E-state index is 0.193. The lowest BCUT2D eigenvalue weighted by Gasteiger charge is -2.43. The van der Waals surface area contributed by atoms with Crippen LogP contribution in [0.15, 0.2) is 24.3 Å². The number of piperidine rings is 1. The van der Waals surface area contributed by atoms with Crippen LogP contribution in [0, 0.1) is 5.41 Å². The predicted octanol–water partition coefficient (Wildman–Crippen LogP) is 5.29. The number of ether oxygens (including phenoxy) is 1. The van der Waals surface area contributed by atoms with E-state index in [1.807, 2.05) is 29.2 Å². The topological polar surface area (TPSA) is 36.0 Å². The van der Waals surface area contributed by atoms with Crippen molar-refractivity contribution in [1.82, 2.24) is 9.80 Å². The molecule has 5 heteroatoms. The molecule has 1 aromatic rings. The molecule has 2 saturated heterocycles. The summed E-state index contributed by atoms with van der Waals surface area (Å²) in [4.78, 5) is 20.1. The summed E-state index contributed by atoms with van der Waals surface area (Å²) in [5, 5.41) is 0. The summed E-state index contributed by atoms with van der Waals surface area (Å²) in [6.45, 7) is 7.22. The highest BCUT2D eigenvalue weighted by atomic mass is 16.5. The molecular weight excluding hydrogens is 386 g/mol. The van der Waals surface area contributed by atoms with E-state index < -0.39 is 0 Å². The van der Waals surface area contributed by atoms with Crippen molar-refractivity contribution < 1.29 is 9.53 Å². The van der Waals surface area contributed by atoms with Crippen molar-refractivity contribution in [1.29, 1.82) is 0 Å². The molecule has 2 aliphatic heterocycles. The van der Waals surface area contributed by atoms with Crippen molar-refractivity contribution in [3.8, 4) is 5.75 Å². The van der Waals surface area contributed by atoms with Crippen LogP contribution in [-0.2, 0) is 0 Å². The van der Waals surface area contributed by atoms with Crippen LogP contribution in [0.25, 0.3) is 0 Å². The van der Waals surface area contributed by atoms with Crippen LogP contribution in [0.4, 0.5) is 10.5 Å². The van der Waals surface area contributed by atoms with Gasteiger partial charge < -0.3 is 9.64 Å². The fourth-order valence-electron chi connectivity index (χ4n) is 6.07. The van der Waals surface area contributed by atoms with Crippen molar-refractivity contribution in [2.24, 2.45) is 5.41 Å². The summed E-state index contributed by atoms with van der Waals surface area (Å²) in [6, 6.07) is 9.42. The van der Waals surface area contributed by atoms with E-state index in [2.05, 4.69) is 16.7 Å². The van der Waals surface area contributed by atoms with Gasteiger partial charge in [-0.3, -0.25) is 9.80 Å². The largest absolute Gasteiger partial charge is 0.494 e. The number of hydrogen-bond acceptors (Lipinski definition) is 3. The molecule has 2 saturated carbocycles. The molecule has 2 amide bonds. The molecule has 0 N–H and O–H groups in total. The highest BCUT2D eigenvalue weighted by Gasteiger charge is 2.47. The third-order valence-corrected chi connectivity index (χ3v) is 8.23. The second-order valence-corrected chi connectivity index (χ2v) is 10.4. The minimum atomic E-state index is 0.193. The van der Waals surface area contributed by atoms with E-state index >= 15 is 0 Å². The van der Waals surface area contributed by atoms with Crippen LogP contribution in [0.5, 0.6) is 5.75 Å². The molecule has 170 valence electrons. The van der Waals surface area contributed by atoms with Crippen LogP contribution in [-0.4, -0.2) is 60.7 Å². The molecular formula is C26H39N3O2. The monoisotopic (exact) mass is 425 g/mol. The molecule has 4 aliphatic rings. The standard InChI is InChI=1S/C26H39N3O2/c1-2-3-19-31-24-11-9-23(10-12-24)29-18-17-28(25(29)30)22-7-5-21(6-8-22)27-16-4-13-26(20-27)14-15-26/h9-12,21-22H,2-8,13-20H2,1H3. The number of amides is 2. The molecule has 0 atom stereocenters. The molecule has 0 unspecified atom stereocenters. The van der Waals surface area contributed by atoms with Gasteiger partial charge >= 0.3 is 6.03 Å².